The van der Waals surface area contributed by atoms with Crippen LogP contribution in [0, 0.1) is 10.8 Å². The van der Waals surface area contributed by atoms with E-state index in [-0.39, 0.29) is 28.1 Å². The van der Waals surface area contributed by atoms with Gasteiger partial charge in [0, 0.05) is 86.3 Å². The Balaban J connectivity index is 0.783. The number of nitrogens with one attached hydrogen (secondary N) is 3. The second-order valence-electron chi connectivity index (χ2n) is 26.2. The molecule has 5 aliphatic rings. The molecule has 0 spiro atoms. The third kappa shape index (κ3) is 16.2. The van der Waals surface area contributed by atoms with Gasteiger partial charge in [-0.25, -0.2) is 4.98 Å². The predicted octanol–water partition coefficient (Wildman–Crippen LogP) is 10.1. The Morgan fingerprint density at radius 1 is 0.532 bits per heavy atom. The highest BCUT2D eigenvalue weighted by Gasteiger charge is 2.40. The van der Waals surface area contributed by atoms with Gasteiger partial charge >= 0.3 is 0 Å². The number of ether oxygens (including phenoxy) is 3. The van der Waals surface area contributed by atoms with Gasteiger partial charge in [-0.1, -0.05) is 55.4 Å². The van der Waals surface area contributed by atoms with Crippen molar-refractivity contribution in [2.75, 3.05) is 39.3 Å². The highest BCUT2D eigenvalue weighted by Crippen LogP contribution is 2.36. The van der Waals surface area contributed by atoms with E-state index < -0.39 is 0 Å². The Bertz CT molecular complexity index is 1510. The minimum absolute atomic E-state index is 0.0854. The molecule has 3 saturated carbocycles. The van der Waals surface area contributed by atoms with E-state index in [1.54, 1.807) is 0 Å². The summed E-state index contributed by atoms with van der Waals surface area (Å²) >= 11 is 0. The van der Waals surface area contributed by atoms with Crippen molar-refractivity contribution in [3.8, 4) is 5.88 Å². The van der Waals surface area contributed by atoms with Crippen LogP contribution in [0.5, 0.6) is 5.88 Å². The van der Waals surface area contributed by atoms with Gasteiger partial charge in [-0.05, 0) is 159 Å². The first kappa shape index (κ1) is 50.1. The van der Waals surface area contributed by atoms with Crippen molar-refractivity contribution < 1.29 is 14.2 Å². The van der Waals surface area contributed by atoms with E-state index in [4.69, 9.17) is 14.2 Å². The van der Waals surface area contributed by atoms with Gasteiger partial charge in [0.05, 0.1) is 24.4 Å². The molecule has 3 N–H and O–H groups in total. The molecule has 0 bridgehead atoms. The monoisotopic (exact) mass is 865 g/mol. The van der Waals surface area contributed by atoms with E-state index in [0.29, 0.717) is 53.4 Å². The van der Waals surface area contributed by atoms with Crippen LogP contribution in [0.4, 0.5) is 0 Å². The summed E-state index contributed by atoms with van der Waals surface area (Å²) in [5, 5.41) is 12.0. The lowest BCUT2D eigenvalue weighted by Gasteiger charge is -2.45. The smallest absolute Gasteiger partial charge is 0.213 e. The molecule has 1 aromatic rings. The zero-order chi connectivity index (χ0) is 45.1. The summed E-state index contributed by atoms with van der Waals surface area (Å²) in [6.45, 7) is 40.1. The molecule has 6 rings (SSSR count). The normalized spacial score (nSPS) is 28.0. The molecule has 3 aliphatic carbocycles. The average Bonchev–Trinajstić information content (AvgIpc) is 3.11. The summed E-state index contributed by atoms with van der Waals surface area (Å²) < 4.78 is 19.5. The van der Waals surface area contributed by atoms with Crippen molar-refractivity contribution in [3.63, 3.8) is 0 Å². The van der Waals surface area contributed by atoms with Crippen LogP contribution in [-0.4, -0.2) is 119 Å². The van der Waals surface area contributed by atoms with Gasteiger partial charge < -0.3 is 40.0 Å². The second-order valence-corrected chi connectivity index (χ2v) is 26.2. The van der Waals surface area contributed by atoms with E-state index in [9.17, 15) is 0 Å². The van der Waals surface area contributed by atoms with E-state index in [0.717, 1.165) is 57.5 Å². The fourth-order valence-corrected chi connectivity index (χ4v) is 10.9. The van der Waals surface area contributed by atoms with Crippen molar-refractivity contribution >= 4 is 0 Å². The molecule has 2 aliphatic heterocycles. The van der Waals surface area contributed by atoms with Crippen LogP contribution in [0.3, 0.4) is 0 Å². The van der Waals surface area contributed by atoms with Crippen molar-refractivity contribution in [2.24, 2.45) is 10.8 Å². The van der Waals surface area contributed by atoms with Gasteiger partial charge in [0.2, 0.25) is 5.88 Å². The fraction of sp³-hybridized carbons (Fsp3) is 0.906. The maximum Gasteiger partial charge on any atom is 0.213 e. The molecular formula is C53H96N6O3. The maximum absolute atomic E-state index is 6.70. The number of pyridine rings is 1. The first-order valence-electron chi connectivity index (χ1n) is 25.5. The number of rotatable bonds is 21. The highest BCUT2D eigenvalue weighted by atomic mass is 16.5. The van der Waals surface area contributed by atoms with Gasteiger partial charge in [0.1, 0.15) is 6.10 Å². The predicted molar refractivity (Wildman–Crippen MR) is 258 cm³/mol. The van der Waals surface area contributed by atoms with E-state index >= 15 is 0 Å². The van der Waals surface area contributed by atoms with Gasteiger partial charge in [0.25, 0.3) is 0 Å². The van der Waals surface area contributed by atoms with Crippen LogP contribution >= 0.6 is 0 Å². The van der Waals surface area contributed by atoms with E-state index in [1.807, 2.05) is 6.20 Å². The van der Waals surface area contributed by atoms with Gasteiger partial charge in [-0.3, -0.25) is 0 Å². The summed E-state index contributed by atoms with van der Waals surface area (Å²) in [6.07, 6.45) is 20.0. The summed E-state index contributed by atoms with van der Waals surface area (Å²) in [7, 11) is 0. The first-order chi connectivity index (χ1) is 28.8. The fourth-order valence-electron chi connectivity index (χ4n) is 10.9. The molecule has 62 heavy (non-hydrogen) atoms. The number of aromatic nitrogens is 1. The molecule has 0 aromatic carbocycles. The summed E-state index contributed by atoms with van der Waals surface area (Å²) in [5.41, 5.74) is 2.39. The Morgan fingerprint density at radius 2 is 0.935 bits per heavy atom. The molecule has 0 unspecified atom stereocenters. The molecule has 1 aromatic heterocycles. The van der Waals surface area contributed by atoms with Gasteiger partial charge in [-0.2, -0.15) is 0 Å². The van der Waals surface area contributed by atoms with Crippen molar-refractivity contribution in [1.29, 1.82) is 0 Å². The van der Waals surface area contributed by atoms with Crippen LogP contribution < -0.4 is 20.7 Å². The molecule has 5 fully saturated rings. The quantitative estimate of drug-likeness (QED) is 0.112. The molecule has 0 atom stereocenters. The van der Waals surface area contributed by atoms with Crippen LogP contribution in [0.1, 0.15) is 192 Å². The van der Waals surface area contributed by atoms with Gasteiger partial charge in [-0.15, -0.1) is 0 Å². The molecule has 9 heteroatoms. The molecule has 356 valence electrons. The minimum Gasteiger partial charge on any atom is -0.474 e. The standard InChI is InChI=1S/C53H96N6O3/c1-48(2,3)36-58-25-16-42(17-26-58)60-44-30-39(31-44)55-51(9,10)21-20-50(7,8)37-59-27-18-43(19-28-59)61-45-32-40(33-45)56-52(11,12)22-23-53(13,14)57-41-34-46(35-41)62-47-29-38(15-24-54-47)49(4,5)6/h15,24,29,39-46,55-57H,16-23,25-28,30-37H2,1-14H3. The first-order valence-corrected chi connectivity index (χ1v) is 25.5. The van der Waals surface area contributed by atoms with Crippen molar-refractivity contribution in [1.82, 2.24) is 30.7 Å². The Labute approximate surface area is 381 Å². The van der Waals surface area contributed by atoms with Crippen molar-refractivity contribution in [3.05, 3.63) is 23.9 Å². The summed E-state index contributed by atoms with van der Waals surface area (Å²) in [4.78, 5) is 9.83. The lowest BCUT2D eigenvalue weighted by atomic mass is 9.80. The molecule has 9 nitrogen and oxygen atoms in total. The van der Waals surface area contributed by atoms with Crippen LogP contribution in [0.15, 0.2) is 18.3 Å². The largest absolute Gasteiger partial charge is 0.474 e. The number of piperidine rings is 2. The lowest BCUT2D eigenvalue weighted by molar-refractivity contribution is -0.0897. The summed E-state index contributed by atoms with van der Waals surface area (Å²) in [6, 6.07) is 5.87. The third-order valence-corrected chi connectivity index (χ3v) is 14.9. The van der Waals surface area contributed by atoms with Gasteiger partial charge in [0.15, 0.2) is 0 Å². The van der Waals surface area contributed by atoms with Crippen LogP contribution in [0.2, 0.25) is 0 Å². The zero-order valence-corrected chi connectivity index (χ0v) is 42.6. The minimum atomic E-state index is 0.0854. The Hall–Kier alpha value is -1.33. The van der Waals surface area contributed by atoms with Crippen molar-refractivity contribution in [2.45, 2.75) is 258 Å². The SMILES string of the molecule is CC(C)(C)CN1CCC(OC2CC(NC(C)(C)CCC(C)(C)CN3CCC(OC4CC(NC(C)(C)CCC(C)(C)NC5CC(Oc6cc(C(C)(C)C)ccn6)C5)C4)CC3)C2)CC1. The number of nitrogens with zero attached hydrogens (tertiary/aromatic N) is 3. The van der Waals surface area contributed by atoms with E-state index in [1.165, 1.54) is 83.1 Å². The summed E-state index contributed by atoms with van der Waals surface area (Å²) in [5.74, 6) is 0.761. The highest BCUT2D eigenvalue weighted by molar-refractivity contribution is 5.27. The average molecular weight is 865 g/mol. The van der Waals surface area contributed by atoms with E-state index in [2.05, 4.69) is 140 Å². The molecular weight excluding hydrogens is 769 g/mol. The van der Waals surface area contributed by atoms with Crippen LogP contribution in [-0.2, 0) is 14.9 Å². The maximum atomic E-state index is 6.70. The topological polar surface area (TPSA) is 83.2 Å². The molecule has 2 saturated heterocycles. The number of hydrogen-bond acceptors (Lipinski definition) is 9. The number of likely N-dealkylation sites (tertiary alicyclic amines) is 2. The Morgan fingerprint density at radius 3 is 1.35 bits per heavy atom. The zero-order valence-electron chi connectivity index (χ0n) is 42.6. The number of hydrogen-bond donors (Lipinski definition) is 3. The van der Waals surface area contributed by atoms with Crippen LogP contribution in [0.25, 0.3) is 0 Å². The molecule has 3 heterocycles. The molecule has 0 radical (unpaired) electrons. The second kappa shape index (κ2) is 20.3. The molecule has 0 amide bonds. The Kier molecular flexibility index (Phi) is 16.4. The lowest BCUT2D eigenvalue weighted by Crippen LogP contribution is -2.57. The third-order valence-electron chi connectivity index (χ3n) is 14.9.